The van der Waals surface area contributed by atoms with E-state index >= 15 is 0 Å². The molecule has 0 aliphatic rings. The molecular weight excluding hydrogens is 324 g/mol. The van der Waals surface area contributed by atoms with E-state index < -0.39 is 0 Å². The molecule has 1 aromatic rings. The van der Waals surface area contributed by atoms with Crippen LogP contribution in [0.15, 0.2) is 15.9 Å². The first-order chi connectivity index (χ1) is 7.54. The van der Waals surface area contributed by atoms with Gasteiger partial charge in [0.05, 0.1) is 10.3 Å². The highest BCUT2D eigenvalue weighted by Gasteiger charge is 2.17. The Bertz CT molecular complexity index is 359. The topological polar surface area (TPSA) is 32.3 Å². The predicted molar refractivity (Wildman–Crippen MR) is 78.8 cm³/mol. The van der Waals surface area contributed by atoms with Gasteiger partial charge in [-0.15, -0.1) is 23.7 Å². The number of carbonyl (C=O) groups excluding carboxylic acids is 1. The van der Waals surface area contributed by atoms with Crippen molar-refractivity contribution in [1.82, 2.24) is 10.2 Å². The SMILES string of the molecule is CNCC(C)C(=O)N(C)Cc1ccc(Br)s1.Cl. The van der Waals surface area contributed by atoms with Crippen molar-refractivity contribution in [2.24, 2.45) is 5.92 Å². The third kappa shape index (κ3) is 5.38. The molecule has 1 N–H and O–H groups in total. The molecule has 0 fully saturated rings. The molecule has 1 unspecified atom stereocenters. The largest absolute Gasteiger partial charge is 0.340 e. The van der Waals surface area contributed by atoms with E-state index in [2.05, 4.69) is 21.2 Å². The number of carbonyl (C=O) groups is 1. The second-order valence-electron chi connectivity index (χ2n) is 3.86. The summed E-state index contributed by atoms with van der Waals surface area (Å²) >= 11 is 5.08. The van der Waals surface area contributed by atoms with Gasteiger partial charge in [0.2, 0.25) is 5.91 Å². The summed E-state index contributed by atoms with van der Waals surface area (Å²) in [6.07, 6.45) is 0. The van der Waals surface area contributed by atoms with Gasteiger partial charge in [-0.2, -0.15) is 0 Å². The Balaban J connectivity index is 0.00000256. The fourth-order valence-electron chi connectivity index (χ4n) is 1.52. The lowest BCUT2D eigenvalue weighted by Gasteiger charge is -2.20. The average Bonchev–Trinajstić information content (AvgIpc) is 2.63. The molecule has 0 saturated carbocycles. The first-order valence-electron chi connectivity index (χ1n) is 5.18. The number of halogens is 2. The van der Waals surface area contributed by atoms with Crippen LogP contribution >= 0.6 is 39.7 Å². The van der Waals surface area contributed by atoms with Crippen molar-refractivity contribution in [2.75, 3.05) is 20.6 Å². The lowest BCUT2D eigenvalue weighted by Crippen LogP contribution is -2.35. The van der Waals surface area contributed by atoms with Crippen LogP contribution in [0, 0.1) is 5.92 Å². The summed E-state index contributed by atoms with van der Waals surface area (Å²) in [6, 6.07) is 4.05. The van der Waals surface area contributed by atoms with Gasteiger partial charge < -0.3 is 10.2 Å². The molecule has 17 heavy (non-hydrogen) atoms. The zero-order valence-electron chi connectivity index (χ0n) is 10.2. The fourth-order valence-corrected chi connectivity index (χ4v) is 3.05. The molecule has 1 heterocycles. The standard InChI is InChI=1S/C11H17BrN2OS.ClH/c1-8(6-13-2)11(15)14(3)7-9-4-5-10(12)16-9;/h4-5,8,13H,6-7H2,1-3H3;1H. The van der Waals surface area contributed by atoms with Crippen molar-refractivity contribution in [2.45, 2.75) is 13.5 Å². The van der Waals surface area contributed by atoms with Crippen LogP contribution < -0.4 is 5.32 Å². The van der Waals surface area contributed by atoms with Crippen molar-refractivity contribution in [1.29, 1.82) is 0 Å². The Morgan fingerprint density at radius 3 is 2.71 bits per heavy atom. The summed E-state index contributed by atoms with van der Waals surface area (Å²) in [5.41, 5.74) is 0. The fraction of sp³-hybridized carbons (Fsp3) is 0.545. The number of thiophene rings is 1. The normalized spacial score (nSPS) is 11.8. The van der Waals surface area contributed by atoms with Crippen LogP contribution in [0.4, 0.5) is 0 Å². The Labute approximate surface area is 121 Å². The van der Waals surface area contributed by atoms with Gasteiger partial charge in [0.15, 0.2) is 0 Å². The summed E-state index contributed by atoms with van der Waals surface area (Å²) in [5.74, 6) is 0.206. The van der Waals surface area contributed by atoms with Gasteiger partial charge in [-0.1, -0.05) is 6.92 Å². The van der Waals surface area contributed by atoms with Crippen LogP contribution in [-0.2, 0) is 11.3 Å². The van der Waals surface area contributed by atoms with Crippen molar-refractivity contribution in [3.8, 4) is 0 Å². The van der Waals surface area contributed by atoms with E-state index in [0.29, 0.717) is 6.54 Å². The van der Waals surface area contributed by atoms with Crippen LogP contribution in [0.5, 0.6) is 0 Å². The van der Waals surface area contributed by atoms with Crippen molar-refractivity contribution < 1.29 is 4.79 Å². The highest BCUT2D eigenvalue weighted by atomic mass is 79.9. The molecule has 0 aliphatic heterocycles. The quantitative estimate of drug-likeness (QED) is 0.893. The highest BCUT2D eigenvalue weighted by molar-refractivity contribution is 9.11. The smallest absolute Gasteiger partial charge is 0.226 e. The van der Waals surface area contributed by atoms with E-state index in [4.69, 9.17) is 0 Å². The maximum absolute atomic E-state index is 11.9. The number of nitrogens with one attached hydrogen (secondary N) is 1. The summed E-state index contributed by atoms with van der Waals surface area (Å²) in [7, 11) is 3.71. The van der Waals surface area contributed by atoms with Crippen molar-refractivity contribution >= 4 is 45.6 Å². The molecule has 1 atom stereocenters. The third-order valence-corrected chi connectivity index (χ3v) is 3.94. The van der Waals surface area contributed by atoms with E-state index in [-0.39, 0.29) is 24.2 Å². The van der Waals surface area contributed by atoms with Crippen LogP contribution in [-0.4, -0.2) is 31.4 Å². The molecule has 98 valence electrons. The monoisotopic (exact) mass is 340 g/mol. The first-order valence-corrected chi connectivity index (χ1v) is 6.79. The van der Waals surface area contributed by atoms with Gasteiger partial charge in [0.1, 0.15) is 0 Å². The maximum Gasteiger partial charge on any atom is 0.226 e. The van der Waals surface area contributed by atoms with Gasteiger partial charge in [-0.3, -0.25) is 4.79 Å². The zero-order chi connectivity index (χ0) is 12.1. The molecule has 1 aromatic heterocycles. The Morgan fingerprint density at radius 1 is 1.59 bits per heavy atom. The summed E-state index contributed by atoms with van der Waals surface area (Å²) in [4.78, 5) is 14.9. The van der Waals surface area contributed by atoms with Gasteiger partial charge in [-0.25, -0.2) is 0 Å². The minimum absolute atomic E-state index is 0. The molecule has 0 aliphatic carbocycles. The number of hydrogen-bond acceptors (Lipinski definition) is 3. The van der Waals surface area contributed by atoms with E-state index in [1.807, 2.05) is 33.2 Å². The molecule has 0 radical (unpaired) electrons. The Morgan fingerprint density at radius 2 is 2.24 bits per heavy atom. The summed E-state index contributed by atoms with van der Waals surface area (Å²) < 4.78 is 1.10. The lowest BCUT2D eigenvalue weighted by molar-refractivity contribution is -0.134. The predicted octanol–water partition coefficient (Wildman–Crippen LogP) is 2.75. The molecule has 1 amide bonds. The third-order valence-electron chi connectivity index (χ3n) is 2.33. The Kier molecular flexibility index (Phi) is 8.03. The van der Waals surface area contributed by atoms with Gasteiger partial charge >= 0.3 is 0 Å². The number of nitrogens with zero attached hydrogens (tertiary/aromatic N) is 1. The Hall–Kier alpha value is -0.100. The van der Waals surface area contributed by atoms with Gasteiger partial charge in [0.25, 0.3) is 0 Å². The molecule has 3 nitrogen and oxygen atoms in total. The van der Waals surface area contributed by atoms with Crippen molar-refractivity contribution in [3.63, 3.8) is 0 Å². The number of hydrogen-bond donors (Lipinski definition) is 1. The van der Waals surface area contributed by atoms with E-state index in [1.54, 1.807) is 16.2 Å². The molecule has 0 saturated heterocycles. The first kappa shape index (κ1) is 16.9. The second kappa shape index (κ2) is 8.08. The molecular formula is C11H18BrClN2OS. The summed E-state index contributed by atoms with van der Waals surface area (Å²) in [5, 5.41) is 3.02. The zero-order valence-corrected chi connectivity index (χ0v) is 13.4. The minimum atomic E-state index is 0. The lowest BCUT2D eigenvalue weighted by atomic mass is 10.1. The van der Waals surface area contributed by atoms with E-state index in [9.17, 15) is 4.79 Å². The number of amides is 1. The molecule has 0 spiro atoms. The highest BCUT2D eigenvalue weighted by Crippen LogP contribution is 2.23. The average molecular weight is 342 g/mol. The molecule has 6 heteroatoms. The molecule has 1 rings (SSSR count). The number of rotatable bonds is 5. The minimum Gasteiger partial charge on any atom is -0.340 e. The molecule has 0 bridgehead atoms. The summed E-state index contributed by atoms with van der Waals surface area (Å²) in [6.45, 7) is 3.35. The van der Waals surface area contributed by atoms with E-state index in [0.717, 1.165) is 10.3 Å². The molecule has 0 aromatic carbocycles. The second-order valence-corrected chi connectivity index (χ2v) is 6.41. The van der Waals surface area contributed by atoms with Crippen LogP contribution in [0.2, 0.25) is 0 Å². The van der Waals surface area contributed by atoms with Crippen LogP contribution in [0.25, 0.3) is 0 Å². The van der Waals surface area contributed by atoms with Crippen LogP contribution in [0.1, 0.15) is 11.8 Å². The van der Waals surface area contributed by atoms with Gasteiger partial charge in [-0.05, 0) is 35.1 Å². The van der Waals surface area contributed by atoms with E-state index in [1.165, 1.54) is 4.88 Å². The van der Waals surface area contributed by atoms with Gasteiger partial charge in [0, 0.05) is 24.4 Å². The van der Waals surface area contributed by atoms with Crippen LogP contribution in [0.3, 0.4) is 0 Å². The van der Waals surface area contributed by atoms with Crippen molar-refractivity contribution in [3.05, 3.63) is 20.8 Å². The maximum atomic E-state index is 11.9.